The summed E-state index contributed by atoms with van der Waals surface area (Å²) in [4.78, 5) is 12.0. The van der Waals surface area contributed by atoms with Crippen molar-refractivity contribution in [3.63, 3.8) is 0 Å². The minimum absolute atomic E-state index is 0.168. The van der Waals surface area contributed by atoms with E-state index in [0.29, 0.717) is 5.56 Å². The molecule has 2 aromatic rings. The second-order valence-corrected chi connectivity index (χ2v) is 5.27. The number of rotatable bonds is 3. The van der Waals surface area contributed by atoms with E-state index in [1.165, 1.54) is 12.1 Å². The quantitative estimate of drug-likeness (QED) is 0.618. The molecule has 2 nitrogen and oxygen atoms in total. The van der Waals surface area contributed by atoms with Crippen molar-refractivity contribution in [2.45, 2.75) is 5.38 Å². The lowest BCUT2D eigenvalue weighted by Gasteiger charge is -2.11. The standard InChI is InChI=1S/C14H9Cl3FNO/c15-10-6-9(7-11(16)13(10)18)19-14(20)12(17)8-4-2-1-3-5-8/h1-7,12H,(H,19,20). The van der Waals surface area contributed by atoms with Gasteiger partial charge in [0.2, 0.25) is 5.91 Å². The highest BCUT2D eigenvalue weighted by atomic mass is 35.5. The molecule has 0 heterocycles. The maximum absolute atomic E-state index is 13.3. The molecule has 1 amide bonds. The summed E-state index contributed by atoms with van der Waals surface area (Å²) in [5.41, 5.74) is 0.943. The fraction of sp³-hybridized carbons (Fsp3) is 0.0714. The molecule has 0 aromatic heterocycles. The third-order valence-corrected chi connectivity index (χ3v) is 3.57. The summed E-state index contributed by atoms with van der Waals surface area (Å²) in [7, 11) is 0. The van der Waals surface area contributed by atoms with E-state index in [4.69, 9.17) is 34.8 Å². The normalized spacial score (nSPS) is 12.0. The van der Waals surface area contributed by atoms with Crippen LogP contribution in [-0.2, 0) is 4.79 Å². The summed E-state index contributed by atoms with van der Waals surface area (Å²) in [5, 5.41) is 1.34. The lowest BCUT2D eigenvalue weighted by molar-refractivity contribution is -0.116. The van der Waals surface area contributed by atoms with E-state index in [-0.39, 0.29) is 15.7 Å². The van der Waals surface area contributed by atoms with E-state index in [2.05, 4.69) is 5.32 Å². The Bertz CT molecular complexity index is 611. The highest BCUT2D eigenvalue weighted by Gasteiger charge is 2.18. The van der Waals surface area contributed by atoms with Gasteiger partial charge in [0.1, 0.15) is 5.38 Å². The molecule has 2 aromatic carbocycles. The average Bonchev–Trinajstić information content (AvgIpc) is 2.44. The van der Waals surface area contributed by atoms with Gasteiger partial charge in [0.05, 0.1) is 10.0 Å². The lowest BCUT2D eigenvalue weighted by atomic mass is 10.1. The van der Waals surface area contributed by atoms with Crippen molar-refractivity contribution in [3.8, 4) is 0 Å². The molecule has 1 atom stereocenters. The third-order valence-electron chi connectivity index (χ3n) is 2.57. The number of nitrogens with one attached hydrogen (secondary N) is 1. The monoisotopic (exact) mass is 331 g/mol. The first-order valence-electron chi connectivity index (χ1n) is 5.63. The van der Waals surface area contributed by atoms with Gasteiger partial charge < -0.3 is 5.32 Å². The summed E-state index contributed by atoms with van der Waals surface area (Å²) in [6.45, 7) is 0. The highest BCUT2D eigenvalue weighted by Crippen LogP contribution is 2.29. The van der Waals surface area contributed by atoms with Crippen molar-refractivity contribution in [2.75, 3.05) is 5.32 Å². The predicted molar refractivity (Wildman–Crippen MR) is 80.1 cm³/mol. The third kappa shape index (κ3) is 3.42. The Labute approximate surface area is 130 Å². The number of carbonyl (C=O) groups is 1. The Morgan fingerprint density at radius 2 is 1.65 bits per heavy atom. The summed E-state index contributed by atoms with van der Waals surface area (Å²) < 4.78 is 13.3. The molecular formula is C14H9Cl3FNO. The van der Waals surface area contributed by atoms with Crippen molar-refractivity contribution in [1.82, 2.24) is 0 Å². The SMILES string of the molecule is O=C(Nc1cc(Cl)c(F)c(Cl)c1)C(Cl)c1ccccc1. The Balaban J connectivity index is 2.16. The molecule has 0 fully saturated rings. The van der Waals surface area contributed by atoms with Gasteiger partial charge in [-0.15, -0.1) is 11.6 Å². The van der Waals surface area contributed by atoms with Crippen LogP contribution >= 0.6 is 34.8 Å². The van der Waals surface area contributed by atoms with Gasteiger partial charge in [-0.2, -0.15) is 0 Å². The first kappa shape index (κ1) is 15.1. The van der Waals surface area contributed by atoms with E-state index in [1.807, 2.05) is 6.07 Å². The van der Waals surface area contributed by atoms with Crippen molar-refractivity contribution in [2.24, 2.45) is 0 Å². The number of amides is 1. The van der Waals surface area contributed by atoms with E-state index < -0.39 is 17.1 Å². The first-order valence-corrected chi connectivity index (χ1v) is 6.82. The summed E-state index contributed by atoms with van der Waals surface area (Å²) in [5.74, 6) is -1.17. The molecule has 104 valence electrons. The fourth-order valence-electron chi connectivity index (χ4n) is 1.61. The molecular weight excluding hydrogens is 324 g/mol. The molecule has 0 saturated heterocycles. The van der Waals surface area contributed by atoms with Crippen LogP contribution in [0.15, 0.2) is 42.5 Å². The fourth-order valence-corrected chi connectivity index (χ4v) is 2.29. The number of hydrogen-bond acceptors (Lipinski definition) is 1. The van der Waals surface area contributed by atoms with Gasteiger partial charge in [-0.3, -0.25) is 4.79 Å². The number of benzene rings is 2. The molecule has 0 radical (unpaired) electrons. The Morgan fingerprint density at radius 3 is 2.20 bits per heavy atom. The van der Waals surface area contributed by atoms with Gasteiger partial charge in [0.25, 0.3) is 0 Å². The molecule has 0 aliphatic rings. The van der Waals surface area contributed by atoms with Crippen LogP contribution < -0.4 is 5.32 Å². The van der Waals surface area contributed by atoms with Crippen LogP contribution in [0.4, 0.5) is 10.1 Å². The maximum atomic E-state index is 13.3. The zero-order valence-electron chi connectivity index (χ0n) is 10.0. The van der Waals surface area contributed by atoms with E-state index >= 15 is 0 Å². The van der Waals surface area contributed by atoms with Crippen LogP contribution in [0.3, 0.4) is 0 Å². The van der Waals surface area contributed by atoms with Crippen molar-refractivity contribution < 1.29 is 9.18 Å². The van der Waals surface area contributed by atoms with Crippen LogP contribution in [-0.4, -0.2) is 5.91 Å². The van der Waals surface area contributed by atoms with Gasteiger partial charge >= 0.3 is 0 Å². The minimum Gasteiger partial charge on any atom is -0.324 e. The van der Waals surface area contributed by atoms with E-state index in [1.54, 1.807) is 24.3 Å². The molecule has 0 bridgehead atoms. The van der Waals surface area contributed by atoms with Gasteiger partial charge in [0.15, 0.2) is 5.82 Å². The molecule has 0 spiro atoms. The molecule has 20 heavy (non-hydrogen) atoms. The van der Waals surface area contributed by atoms with Crippen LogP contribution in [0, 0.1) is 5.82 Å². The largest absolute Gasteiger partial charge is 0.324 e. The smallest absolute Gasteiger partial charge is 0.246 e. The first-order chi connectivity index (χ1) is 9.49. The Morgan fingerprint density at radius 1 is 1.10 bits per heavy atom. The topological polar surface area (TPSA) is 29.1 Å². The number of anilines is 1. The van der Waals surface area contributed by atoms with Gasteiger partial charge in [-0.05, 0) is 17.7 Å². The Hall–Kier alpha value is -1.29. The molecule has 0 aliphatic carbocycles. The molecule has 6 heteroatoms. The number of hydrogen-bond donors (Lipinski definition) is 1. The Kier molecular flexibility index (Phi) is 4.86. The maximum Gasteiger partial charge on any atom is 0.246 e. The molecule has 1 unspecified atom stereocenters. The lowest BCUT2D eigenvalue weighted by Crippen LogP contribution is -2.17. The van der Waals surface area contributed by atoms with Gasteiger partial charge in [-0.25, -0.2) is 4.39 Å². The number of carbonyl (C=O) groups excluding carboxylic acids is 1. The molecule has 2 rings (SSSR count). The number of alkyl halides is 1. The van der Waals surface area contributed by atoms with E-state index in [9.17, 15) is 9.18 Å². The zero-order valence-corrected chi connectivity index (χ0v) is 12.3. The van der Waals surface area contributed by atoms with Crippen LogP contribution in [0.25, 0.3) is 0 Å². The van der Waals surface area contributed by atoms with E-state index in [0.717, 1.165) is 0 Å². The van der Waals surface area contributed by atoms with Crippen molar-refractivity contribution in [1.29, 1.82) is 0 Å². The highest BCUT2D eigenvalue weighted by molar-refractivity contribution is 6.36. The van der Waals surface area contributed by atoms with Crippen LogP contribution in [0.2, 0.25) is 10.0 Å². The van der Waals surface area contributed by atoms with Crippen molar-refractivity contribution >= 4 is 46.4 Å². The van der Waals surface area contributed by atoms with Crippen molar-refractivity contribution in [3.05, 3.63) is 63.9 Å². The molecule has 1 N–H and O–H groups in total. The second kappa shape index (κ2) is 6.44. The second-order valence-electron chi connectivity index (χ2n) is 4.02. The average molecular weight is 333 g/mol. The predicted octanol–water partition coefficient (Wildman–Crippen LogP) is 5.05. The van der Waals surface area contributed by atoms with Gasteiger partial charge in [-0.1, -0.05) is 53.5 Å². The zero-order chi connectivity index (χ0) is 14.7. The summed E-state index contributed by atoms with van der Waals surface area (Å²) in [6.07, 6.45) is 0. The van der Waals surface area contributed by atoms with Crippen LogP contribution in [0.5, 0.6) is 0 Å². The van der Waals surface area contributed by atoms with Crippen LogP contribution in [0.1, 0.15) is 10.9 Å². The number of halogens is 4. The molecule has 0 saturated carbocycles. The van der Waals surface area contributed by atoms with Gasteiger partial charge in [0, 0.05) is 5.69 Å². The molecule has 0 aliphatic heterocycles. The summed E-state index contributed by atoms with van der Waals surface area (Å²) >= 11 is 17.4. The summed E-state index contributed by atoms with van der Waals surface area (Å²) in [6, 6.07) is 11.4. The minimum atomic E-state index is -0.862.